The molecule has 0 aliphatic carbocycles. The number of hydrogen-bond acceptors (Lipinski definition) is 7. The second kappa shape index (κ2) is 10.5. The molecule has 36 heavy (non-hydrogen) atoms. The quantitative estimate of drug-likeness (QED) is 0.511. The number of amides is 1. The number of ether oxygens (including phenoxy) is 2. The normalized spacial score (nSPS) is 24.9. The zero-order valence-corrected chi connectivity index (χ0v) is 20.9. The summed E-state index contributed by atoms with van der Waals surface area (Å²) < 4.78 is 25.2. The number of nitrogens with two attached hydrogens (primary N) is 1. The van der Waals surface area contributed by atoms with Gasteiger partial charge in [0, 0.05) is 31.2 Å². The average molecular weight is 497 g/mol. The van der Waals surface area contributed by atoms with Crippen LogP contribution in [0.3, 0.4) is 0 Å². The van der Waals surface area contributed by atoms with Crippen molar-refractivity contribution < 1.29 is 18.7 Å². The van der Waals surface area contributed by atoms with Gasteiger partial charge in [-0.25, -0.2) is 9.38 Å². The predicted molar refractivity (Wildman–Crippen MR) is 136 cm³/mol. The molecule has 2 N–H and O–H groups in total. The summed E-state index contributed by atoms with van der Waals surface area (Å²) in [5.41, 5.74) is 8.78. The molecule has 2 fully saturated rings. The zero-order valence-electron chi connectivity index (χ0n) is 20.9. The van der Waals surface area contributed by atoms with Crippen LogP contribution in [0.25, 0.3) is 0 Å². The summed E-state index contributed by atoms with van der Waals surface area (Å²) in [6.45, 7) is 6.48. The van der Waals surface area contributed by atoms with E-state index in [1.807, 2.05) is 19.9 Å². The Morgan fingerprint density at radius 2 is 2.11 bits per heavy atom. The van der Waals surface area contributed by atoms with Gasteiger partial charge < -0.3 is 25.0 Å². The summed E-state index contributed by atoms with van der Waals surface area (Å²) >= 11 is 0. The van der Waals surface area contributed by atoms with Crippen LogP contribution in [0.15, 0.2) is 39.0 Å². The molecule has 2 atom stereocenters. The molecule has 192 valence electrons. The lowest BCUT2D eigenvalue weighted by molar-refractivity contribution is -0.0173. The van der Waals surface area contributed by atoms with Crippen LogP contribution < -0.4 is 10.5 Å². The Hall–Kier alpha value is -3.11. The highest BCUT2D eigenvalue weighted by atomic mass is 19.1. The molecule has 4 heterocycles. The first-order valence-electron chi connectivity index (χ1n) is 12.6. The summed E-state index contributed by atoms with van der Waals surface area (Å²) in [5.74, 6) is 1.17. The lowest BCUT2D eigenvalue weighted by Gasteiger charge is -2.36. The van der Waals surface area contributed by atoms with Gasteiger partial charge in [-0.3, -0.25) is 4.79 Å². The van der Waals surface area contributed by atoms with Crippen molar-refractivity contribution in [1.82, 2.24) is 9.80 Å². The van der Waals surface area contributed by atoms with Crippen molar-refractivity contribution in [1.29, 1.82) is 0 Å². The van der Waals surface area contributed by atoms with Crippen LogP contribution in [0.2, 0.25) is 0 Å². The molecule has 0 aromatic heterocycles. The predicted octanol–water partition coefficient (Wildman–Crippen LogP) is 3.24. The van der Waals surface area contributed by atoms with Crippen LogP contribution in [-0.4, -0.2) is 71.6 Å². The highest BCUT2D eigenvalue weighted by molar-refractivity contribution is 6.15. The maximum Gasteiger partial charge on any atom is 0.258 e. The topological polar surface area (TPSA) is 105 Å². The molecule has 1 aromatic carbocycles. The summed E-state index contributed by atoms with van der Waals surface area (Å²) in [4.78, 5) is 22.5. The van der Waals surface area contributed by atoms with Crippen LogP contribution in [0, 0.1) is 5.82 Å². The van der Waals surface area contributed by atoms with E-state index in [0.717, 1.165) is 55.9 Å². The number of nitrogens with zero attached hydrogens (tertiary/aromatic N) is 5. The third-order valence-electron chi connectivity index (χ3n) is 7.23. The van der Waals surface area contributed by atoms with Gasteiger partial charge in [-0.15, -0.1) is 5.10 Å². The van der Waals surface area contributed by atoms with Crippen LogP contribution in [-0.2, 0) is 11.3 Å². The Labute approximate surface area is 210 Å². The number of aliphatic imine (C=N–C) groups is 1. The number of halogens is 1. The molecular weight excluding hydrogens is 463 g/mol. The zero-order chi connectivity index (χ0) is 25.2. The fraction of sp³-hybridized carbons (Fsp3) is 0.538. The van der Waals surface area contributed by atoms with E-state index in [4.69, 9.17) is 20.2 Å². The molecule has 0 bridgehead atoms. The molecular formula is C26H33FN6O3. The SMILES string of the molecule is C/C=C(/C)C(=NC1=NN=C([C@@H]2CCCCN2C(=O)c2cc(F)cc3c2OCOC3)C1)N1CC[C@H](N)C1. The van der Waals surface area contributed by atoms with Crippen molar-refractivity contribution in [3.05, 3.63) is 40.7 Å². The molecule has 0 unspecified atom stereocenters. The Morgan fingerprint density at radius 3 is 2.89 bits per heavy atom. The lowest BCUT2D eigenvalue weighted by Crippen LogP contribution is -2.48. The van der Waals surface area contributed by atoms with E-state index >= 15 is 0 Å². The smallest absolute Gasteiger partial charge is 0.258 e. The number of rotatable bonds is 3. The van der Waals surface area contributed by atoms with Crippen LogP contribution in [0.4, 0.5) is 4.39 Å². The molecule has 0 saturated carbocycles. The first kappa shape index (κ1) is 24.6. The Morgan fingerprint density at radius 1 is 1.25 bits per heavy atom. The third-order valence-corrected chi connectivity index (χ3v) is 7.23. The van der Waals surface area contributed by atoms with Gasteiger partial charge in [-0.1, -0.05) is 6.08 Å². The summed E-state index contributed by atoms with van der Waals surface area (Å²) in [7, 11) is 0. The van der Waals surface area contributed by atoms with Crippen LogP contribution >= 0.6 is 0 Å². The van der Waals surface area contributed by atoms with Gasteiger partial charge in [0.1, 0.15) is 17.4 Å². The first-order valence-corrected chi connectivity index (χ1v) is 12.6. The summed E-state index contributed by atoms with van der Waals surface area (Å²) in [5, 5.41) is 8.85. The molecule has 10 heteroatoms. The minimum Gasteiger partial charge on any atom is -0.466 e. The van der Waals surface area contributed by atoms with E-state index < -0.39 is 5.82 Å². The van der Waals surface area contributed by atoms with Gasteiger partial charge in [-0.2, -0.15) is 5.10 Å². The number of carbonyl (C=O) groups excluding carboxylic acids is 1. The van der Waals surface area contributed by atoms with E-state index in [0.29, 0.717) is 30.1 Å². The maximum atomic E-state index is 14.3. The van der Waals surface area contributed by atoms with Gasteiger partial charge in [0.05, 0.1) is 30.3 Å². The number of piperidine rings is 1. The Balaban J connectivity index is 1.35. The standard InChI is InChI=1S/C26H33FN6O3/c1-3-16(2)25(32-9-7-19(28)13-32)29-23-12-21(30-31-23)22-6-4-5-8-33(22)26(34)20-11-18(27)10-17-14-35-15-36-24(17)20/h3,10-11,19,22H,4-9,12-15,28H2,1-2H3/b16-3-,29-25?/t19-,22-/m0/s1. The second-order valence-corrected chi connectivity index (χ2v) is 9.75. The van der Waals surface area contributed by atoms with Crippen LogP contribution in [0.1, 0.15) is 61.9 Å². The van der Waals surface area contributed by atoms with Crippen molar-refractivity contribution in [2.45, 2.75) is 64.6 Å². The second-order valence-electron chi connectivity index (χ2n) is 9.75. The first-order chi connectivity index (χ1) is 17.4. The van der Waals surface area contributed by atoms with Crippen molar-refractivity contribution in [3.63, 3.8) is 0 Å². The molecule has 1 amide bonds. The Bertz CT molecular complexity index is 1160. The minimum absolute atomic E-state index is 0.0418. The van der Waals surface area contributed by atoms with E-state index in [-0.39, 0.29) is 37.0 Å². The highest BCUT2D eigenvalue weighted by Gasteiger charge is 2.35. The molecule has 4 aliphatic heterocycles. The van der Waals surface area contributed by atoms with E-state index in [9.17, 15) is 9.18 Å². The van der Waals surface area contributed by atoms with Crippen molar-refractivity contribution in [2.24, 2.45) is 20.9 Å². The molecule has 2 saturated heterocycles. The van der Waals surface area contributed by atoms with Crippen molar-refractivity contribution >= 4 is 23.3 Å². The number of hydrogen-bond donors (Lipinski definition) is 1. The van der Waals surface area contributed by atoms with E-state index in [2.05, 4.69) is 15.1 Å². The number of benzene rings is 1. The molecule has 0 spiro atoms. The molecule has 1 aromatic rings. The van der Waals surface area contributed by atoms with Gasteiger partial charge in [0.15, 0.2) is 12.6 Å². The maximum absolute atomic E-state index is 14.3. The Kier molecular flexibility index (Phi) is 7.15. The lowest BCUT2D eigenvalue weighted by atomic mass is 9.94. The van der Waals surface area contributed by atoms with Crippen molar-refractivity contribution in [2.75, 3.05) is 26.4 Å². The van der Waals surface area contributed by atoms with Gasteiger partial charge in [0.2, 0.25) is 0 Å². The van der Waals surface area contributed by atoms with Gasteiger partial charge in [-0.05, 0) is 57.2 Å². The van der Waals surface area contributed by atoms with E-state index in [1.54, 1.807) is 4.90 Å². The molecule has 4 aliphatic rings. The number of carbonyl (C=O) groups is 1. The van der Waals surface area contributed by atoms with Crippen molar-refractivity contribution in [3.8, 4) is 5.75 Å². The fourth-order valence-electron chi connectivity index (χ4n) is 5.25. The highest BCUT2D eigenvalue weighted by Crippen LogP contribution is 2.33. The summed E-state index contributed by atoms with van der Waals surface area (Å²) in [6.07, 6.45) is 6.08. The molecule has 9 nitrogen and oxygen atoms in total. The van der Waals surface area contributed by atoms with Gasteiger partial charge in [0.25, 0.3) is 5.91 Å². The molecule has 0 radical (unpaired) electrons. The fourth-order valence-corrected chi connectivity index (χ4v) is 5.25. The third kappa shape index (κ3) is 4.92. The number of fused-ring (bicyclic) bond motifs is 1. The number of likely N-dealkylation sites (tertiary alicyclic amines) is 2. The number of allylic oxidation sites excluding steroid dienone is 1. The summed E-state index contributed by atoms with van der Waals surface area (Å²) in [6, 6.07) is 2.54. The largest absolute Gasteiger partial charge is 0.466 e. The number of amidine groups is 2. The monoisotopic (exact) mass is 496 g/mol. The van der Waals surface area contributed by atoms with E-state index in [1.165, 1.54) is 12.1 Å². The average Bonchev–Trinajstić information content (AvgIpc) is 3.54. The van der Waals surface area contributed by atoms with Gasteiger partial charge >= 0.3 is 0 Å². The molecule has 5 rings (SSSR count). The minimum atomic E-state index is -0.480. The van der Waals surface area contributed by atoms with Crippen LogP contribution in [0.5, 0.6) is 5.75 Å².